The lowest BCUT2D eigenvalue weighted by atomic mass is 10.1. The third-order valence-electron chi connectivity index (χ3n) is 3.41. The van der Waals surface area contributed by atoms with Crippen LogP contribution < -0.4 is 5.32 Å². The molecule has 0 fully saturated rings. The molecule has 0 atom stereocenters. The van der Waals surface area contributed by atoms with E-state index >= 15 is 0 Å². The van der Waals surface area contributed by atoms with Gasteiger partial charge in [-0.3, -0.25) is 19.6 Å². The summed E-state index contributed by atoms with van der Waals surface area (Å²) < 4.78 is 1.47. The first-order valence-corrected chi connectivity index (χ1v) is 6.99. The van der Waals surface area contributed by atoms with Crippen molar-refractivity contribution in [3.05, 3.63) is 51.8 Å². The van der Waals surface area contributed by atoms with Crippen LogP contribution in [0.25, 0.3) is 0 Å². The Morgan fingerprint density at radius 3 is 2.77 bits per heavy atom. The van der Waals surface area contributed by atoms with Crippen LogP contribution in [0.3, 0.4) is 0 Å². The molecule has 1 heterocycles. The Kier molecular flexibility index (Phi) is 4.88. The number of aryl methyl sites for hydroxylation is 3. The van der Waals surface area contributed by atoms with Crippen molar-refractivity contribution < 1.29 is 9.72 Å². The van der Waals surface area contributed by atoms with Gasteiger partial charge in [-0.25, -0.2) is 0 Å². The van der Waals surface area contributed by atoms with E-state index in [2.05, 4.69) is 10.4 Å². The molecule has 0 spiro atoms. The van der Waals surface area contributed by atoms with Crippen molar-refractivity contribution >= 4 is 17.3 Å². The molecule has 0 saturated heterocycles. The van der Waals surface area contributed by atoms with Crippen LogP contribution in [-0.2, 0) is 11.3 Å². The van der Waals surface area contributed by atoms with Crippen molar-refractivity contribution in [2.24, 2.45) is 0 Å². The third kappa shape index (κ3) is 4.15. The number of nitrogens with one attached hydrogen (secondary N) is 1. The van der Waals surface area contributed by atoms with Gasteiger partial charge < -0.3 is 5.32 Å². The molecular weight excluding hydrogens is 284 g/mol. The highest BCUT2D eigenvalue weighted by Crippen LogP contribution is 2.14. The lowest BCUT2D eigenvalue weighted by Gasteiger charge is -2.07. The Morgan fingerprint density at radius 1 is 1.36 bits per heavy atom. The molecule has 0 bridgehead atoms. The number of rotatable bonds is 6. The molecule has 116 valence electrons. The smallest absolute Gasteiger partial charge is 0.306 e. The highest BCUT2D eigenvalue weighted by Gasteiger charge is 2.09. The first-order chi connectivity index (χ1) is 10.5. The largest absolute Gasteiger partial charge is 0.326 e. The highest BCUT2D eigenvalue weighted by molar-refractivity contribution is 5.90. The second-order valence-corrected chi connectivity index (χ2v) is 5.17. The number of amides is 1. The second kappa shape index (κ2) is 6.84. The number of nitro groups is 1. The van der Waals surface area contributed by atoms with Gasteiger partial charge in [0.15, 0.2) is 0 Å². The summed E-state index contributed by atoms with van der Waals surface area (Å²) in [4.78, 5) is 21.9. The SMILES string of the molecule is Cc1ccc(NC(=O)CCCn2cc([N+](=O)[O-])cn2)cc1C. The van der Waals surface area contributed by atoms with E-state index in [0.717, 1.165) is 11.3 Å². The van der Waals surface area contributed by atoms with Gasteiger partial charge in [-0.1, -0.05) is 6.07 Å². The number of benzene rings is 1. The summed E-state index contributed by atoms with van der Waals surface area (Å²) in [5.74, 6) is -0.0788. The standard InChI is InChI=1S/C15H18N4O3/c1-11-5-6-13(8-12(11)2)17-15(20)4-3-7-18-10-14(9-16-18)19(21)22/h5-6,8-10H,3-4,7H2,1-2H3,(H,17,20). The highest BCUT2D eigenvalue weighted by atomic mass is 16.6. The Morgan fingerprint density at radius 2 is 2.14 bits per heavy atom. The molecule has 7 heteroatoms. The molecule has 0 unspecified atom stereocenters. The third-order valence-corrected chi connectivity index (χ3v) is 3.41. The van der Waals surface area contributed by atoms with Gasteiger partial charge in [0.2, 0.25) is 5.91 Å². The quantitative estimate of drug-likeness (QED) is 0.656. The van der Waals surface area contributed by atoms with E-state index in [1.54, 1.807) is 0 Å². The zero-order chi connectivity index (χ0) is 16.1. The molecule has 0 aliphatic rings. The van der Waals surface area contributed by atoms with Crippen molar-refractivity contribution in [1.82, 2.24) is 9.78 Å². The minimum atomic E-state index is -0.490. The summed E-state index contributed by atoms with van der Waals surface area (Å²) in [7, 11) is 0. The van der Waals surface area contributed by atoms with E-state index in [1.807, 2.05) is 32.0 Å². The van der Waals surface area contributed by atoms with Crippen LogP contribution in [0.1, 0.15) is 24.0 Å². The normalized spacial score (nSPS) is 10.5. The zero-order valence-corrected chi connectivity index (χ0v) is 12.6. The van der Waals surface area contributed by atoms with E-state index in [4.69, 9.17) is 0 Å². The van der Waals surface area contributed by atoms with Crippen molar-refractivity contribution in [2.45, 2.75) is 33.2 Å². The monoisotopic (exact) mass is 302 g/mol. The van der Waals surface area contributed by atoms with Crippen molar-refractivity contribution in [2.75, 3.05) is 5.32 Å². The predicted molar refractivity (Wildman–Crippen MR) is 82.7 cm³/mol. The first-order valence-electron chi connectivity index (χ1n) is 6.99. The number of nitrogens with zero attached hydrogens (tertiary/aromatic N) is 3. The number of hydrogen-bond acceptors (Lipinski definition) is 4. The van der Waals surface area contributed by atoms with Crippen LogP contribution in [0.15, 0.2) is 30.6 Å². The van der Waals surface area contributed by atoms with Crippen LogP contribution in [0, 0.1) is 24.0 Å². The molecule has 1 aromatic carbocycles. The number of carbonyl (C=O) groups excluding carboxylic acids is 1. The molecule has 0 radical (unpaired) electrons. The number of carbonyl (C=O) groups is 1. The molecule has 7 nitrogen and oxygen atoms in total. The lowest BCUT2D eigenvalue weighted by molar-refractivity contribution is -0.385. The van der Waals surface area contributed by atoms with Crippen molar-refractivity contribution in [3.8, 4) is 0 Å². The molecule has 1 amide bonds. The molecule has 0 aliphatic heterocycles. The fourth-order valence-electron chi connectivity index (χ4n) is 2.01. The summed E-state index contributed by atoms with van der Waals surface area (Å²) in [6.07, 6.45) is 3.46. The second-order valence-electron chi connectivity index (χ2n) is 5.17. The molecule has 22 heavy (non-hydrogen) atoms. The van der Waals surface area contributed by atoms with Gasteiger partial charge in [-0.2, -0.15) is 5.10 Å². The number of aromatic nitrogens is 2. The molecular formula is C15H18N4O3. The number of anilines is 1. The predicted octanol–water partition coefficient (Wildman–Crippen LogP) is 2.83. The van der Waals surface area contributed by atoms with Gasteiger partial charge in [0.25, 0.3) is 0 Å². The maximum atomic E-state index is 11.9. The van der Waals surface area contributed by atoms with Crippen LogP contribution in [0.5, 0.6) is 0 Å². The number of hydrogen-bond donors (Lipinski definition) is 1. The fourth-order valence-corrected chi connectivity index (χ4v) is 2.01. The van der Waals surface area contributed by atoms with E-state index in [1.165, 1.54) is 22.6 Å². The minimum absolute atomic E-state index is 0.0421. The Labute approximate surface area is 128 Å². The van der Waals surface area contributed by atoms with E-state index in [9.17, 15) is 14.9 Å². The van der Waals surface area contributed by atoms with Gasteiger partial charge in [-0.15, -0.1) is 0 Å². The summed E-state index contributed by atoms with van der Waals surface area (Å²) in [5.41, 5.74) is 3.04. The minimum Gasteiger partial charge on any atom is -0.326 e. The molecule has 2 rings (SSSR count). The van der Waals surface area contributed by atoms with Gasteiger partial charge in [0.1, 0.15) is 12.4 Å². The summed E-state index contributed by atoms with van der Waals surface area (Å²) >= 11 is 0. The van der Waals surface area contributed by atoms with Crippen molar-refractivity contribution in [1.29, 1.82) is 0 Å². The Hall–Kier alpha value is -2.70. The lowest BCUT2D eigenvalue weighted by Crippen LogP contribution is -2.12. The topological polar surface area (TPSA) is 90.1 Å². The van der Waals surface area contributed by atoms with Crippen LogP contribution >= 0.6 is 0 Å². The summed E-state index contributed by atoms with van der Waals surface area (Å²) in [6.45, 7) is 4.48. The average molecular weight is 302 g/mol. The van der Waals surface area contributed by atoms with E-state index in [-0.39, 0.29) is 11.6 Å². The average Bonchev–Trinajstić information content (AvgIpc) is 2.92. The molecule has 1 aromatic heterocycles. The summed E-state index contributed by atoms with van der Waals surface area (Å²) in [6, 6.07) is 5.77. The fraction of sp³-hybridized carbons (Fsp3) is 0.333. The van der Waals surface area contributed by atoms with Crippen LogP contribution in [0.2, 0.25) is 0 Å². The van der Waals surface area contributed by atoms with Crippen LogP contribution in [0.4, 0.5) is 11.4 Å². The van der Waals surface area contributed by atoms with E-state index in [0.29, 0.717) is 19.4 Å². The van der Waals surface area contributed by atoms with Crippen molar-refractivity contribution in [3.63, 3.8) is 0 Å². The molecule has 1 N–H and O–H groups in total. The maximum Gasteiger partial charge on any atom is 0.306 e. The maximum absolute atomic E-state index is 11.9. The van der Waals surface area contributed by atoms with Gasteiger partial charge in [0.05, 0.1) is 4.92 Å². The molecule has 0 aliphatic carbocycles. The first kappa shape index (κ1) is 15.7. The molecule has 2 aromatic rings. The summed E-state index contributed by atoms with van der Waals surface area (Å²) in [5, 5.41) is 17.3. The van der Waals surface area contributed by atoms with Crippen LogP contribution in [-0.4, -0.2) is 20.6 Å². The zero-order valence-electron chi connectivity index (χ0n) is 12.6. The van der Waals surface area contributed by atoms with E-state index < -0.39 is 4.92 Å². The Bertz CT molecular complexity index is 694. The van der Waals surface area contributed by atoms with Gasteiger partial charge in [0, 0.05) is 18.7 Å². The Balaban J connectivity index is 1.79. The van der Waals surface area contributed by atoms with Gasteiger partial charge in [-0.05, 0) is 43.5 Å². The molecule has 0 saturated carbocycles. The van der Waals surface area contributed by atoms with Gasteiger partial charge >= 0.3 is 5.69 Å².